The van der Waals surface area contributed by atoms with Gasteiger partial charge in [0.15, 0.2) is 0 Å². The zero-order valence-electron chi connectivity index (χ0n) is 29.0. The van der Waals surface area contributed by atoms with Gasteiger partial charge in [0.05, 0.1) is 42.2 Å². The fourth-order valence-electron chi connectivity index (χ4n) is 7.48. The van der Waals surface area contributed by atoms with Gasteiger partial charge in [0.25, 0.3) is 0 Å². The lowest BCUT2D eigenvalue weighted by Crippen LogP contribution is -2.54. The molecule has 0 aromatic carbocycles. The first-order chi connectivity index (χ1) is 22.0. The number of fused-ring (bicyclic) bond motifs is 2. The molecule has 6 rings (SSSR count). The summed E-state index contributed by atoms with van der Waals surface area (Å²) in [4.78, 5) is 28.7. The lowest BCUT2D eigenvalue weighted by Gasteiger charge is -2.44. The molecule has 51 heavy (non-hydrogen) atoms. The van der Waals surface area contributed by atoms with Gasteiger partial charge >= 0.3 is 5.97 Å². The standard InChI is InChI=1S/C16H21NO4.C14H21NO4.C6H12O.4CH4/c1-10(17-3)8-12-4-5-15-16(21-12)7-6-13(19-11(2)18)14(9-16)20-15;1-8(15-2)5-9-3-4-12-14(19-9)6-10(16)13(17)11(7-14)18-12;1-5(7)6(2,3)4;;;;/h6-7,10,12-15H,4-5,8-9H2,1-2H3;8-13,16-17H,3-7H2,1H3;1-4H3;4*1H4/t10-,12-,13-,14-,15+,16+;8-,9-,10-,11-,12+,13-,14+;;;;;/m11...../s1. The smallest absolute Gasteiger partial charge is 0.303 e. The summed E-state index contributed by atoms with van der Waals surface area (Å²) >= 11 is 0. The number of Topliss-reactive ketones (excluding diaryl/α,β-unsaturated/α-hetero) is 1. The Morgan fingerprint density at radius 3 is 1.86 bits per heavy atom. The maximum Gasteiger partial charge on any atom is 0.303 e. The Balaban J connectivity index is 0.000000780. The topological polar surface area (TPSA) is 129 Å². The highest BCUT2D eigenvalue weighted by atomic mass is 16.6. The molecular weight excluding hydrogens is 652 g/mol. The van der Waals surface area contributed by atoms with Crippen LogP contribution < -0.4 is 0 Å². The molecule has 294 valence electrons. The van der Waals surface area contributed by atoms with Crippen LogP contribution in [0.4, 0.5) is 0 Å². The molecule has 4 aliphatic heterocycles. The molecule has 11 heteroatoms. The normalized spacial score (nSPS) is 37.6. The van der Waals surface area contributed by atoms with Crippen LogP contribution >= 0.6 is 0 Å². The quantitative estimate of drug-likeness (QED) is 0.171. The number of rotatable bonds is 5. The van der Waals surface area contributed by atoms with Gasteiger partial charge in [-0.25, -0.2) is 13.1 Å². The zero-order valence-corrected chi connectivity index (χ0v) is 29.0. The van der Waals surface area contributed by atoms with E-state index < -0.39 is 17.8 Å². The van der Waals surface area contributed by atoms with E-state index in [0.717, 1.165) is 44.9 Å². The molecule has 0 amide bonds. The van der Waals surface area contributed by atoms with E-state index in [9.17, 15) is 19.8 Å². The number of hydrogen-bond acceptors (Lipinski definition) is 9. The first-order valence-corrected chi connectivity index (χ1v) is 17.1. The van der Waals surface area contributed by atoms with Crippen molar-refractivity contribution in [1.82, 2.24) is 0 Å². The lowest BCUT2D eigenvalue weighted by atomic mass is 9.76. The van der Waals surface area contributed by atoms with Gasteiger partial charge in [-0.05, 0) is 38.7 Å². The first kappa shape index (κ1) is 48.6. The summed E-state index contributed by atoms with van der Waals surface area (Å²) in [7, 11) is 0. The van der Waals surface area contributed by atoms with Crippen LogP contribution in [0.2, 0.25) is 0 Å². The molecule has 4 heterocycles. The summed E-state index contributed by atoms with van der Waals surface area (Å²) in [6.45, 7) is 26.7. The minimum Gasteiger partial charge on any atom is -0.456 e. The van der Waals surface area contributed by atoms with Crippen molar-refractivity contribution in [3.05, 3.63) is 35.0 Å². The summed E-state index contributed by atoms with van der Waals surface area (Å²) < 4.78 is 29.7. The number of nitrogens with zero attached hydrogens (tertiary/aromatic N) is 2. The highest BCUT2D eigenvalue weighted by molar-refractivity contribution is 5.80. The van der Waals surface area contributed by atoms with Gasteiger partial charge in [0, 0.05) is 58.3 Å². The highest BCUT2D eigenvalue weighted by Gasteiger charge is 2.60. The zero-order chi connectivity index (χ0) is 34.7. The molecule has 4 bridgehead atoms. The average Bonchev–Trinajstić information content (AvgIpc) is 3.49. The Hall–Kier alpha value is -2.38. The first-order valence-electron chi connectivity index (χ1n) is 17.1. The van der Waals surface area contributed by atoms with Crippen LogP contribution in [0.1, 0.15) is 136 Å². The van der Waals surface area contributed by atoms with Gasteiger partial charge in [0.1, 0.15) is 29.7 Å². The molecule has 0 aromatic rings. The molecule has 2 spiro atoms. The third-order valence-electron chi connectivity index (χ3n) is 10.4. The van der Waals surface area contributed by atoms with Crippen molar-refractivity contribution in [2.24, 2.45) is 5.41 Å². The summed E-state index contributed by atoms with van der Waals surface area (Å²) in [5.41, 5.74) is -0.958. The summed E-state index contributed by atoms with van der Waals surface area (Å²) in [5, 5.41) is 19.8. The summed E-state index contributed by atoms with van der Waals surface area (Å²) in [5.74, 6) is -0.0451. The molecule has 2 N–H and O–H groups in total. The van der Waals surface area contributed by atoms with E-state index >= 15 is 0 Å². The van der Waals surface area contributed by atoms with Crippen molar-refractivity contribution in [3.63, 3.8) is 0 Å². The second-order valence-electron chi connectivity index (χ2n) is 15.3. The molecule has 5 fully saturated rings. The Morgan fingerprint density at radius 1 is 0.843 bits per heavy atom. The molecule has 13 atom stereocenters. The van der Waals surface area contributed by atoms with Crippen LogP contribution in [0.25, 0.3) is 9.69 Å². The SMILES string of the molecule is C.C.C.C.CC(=O)C(C)(C)C.[C-]#[N+][C@H](C)C[C@H]1CC[C@@H]2O[C@@H]3C[C@]2(C=C[C@H]3OC(C)=O)O1.[C-]#[N+][C@H](C)C[C@H]1CC[C@@H]2O[C@@H]3C[C@]2(C[C@@H](O)[C@H]3O)O1. The van der Waals surface area contributed by atoms with E-state index in [1.807, 2.05) is 46.8 Å². The molecule has 4 saturated heterocycles. The van der Waals surface area contributed by atoms with Crippen LogP contribution in [0.15, 0.2) is 12.2 Å². The maximum atomic E-state index is 11.1. The monoisotopic (exact) mass is 723 g/mol. The van der Waals surface area contributed by atoms with Crippen molar-refractivity contribution < 1.29 is 43.5 Å². The molecule has 11 nitrogen and oxygen atoms in total. The third-order valence-corrected chi connectivity index (χ3v) is 10.4. The minimum atomic E-state index is -0.791. The third kappa shape index (κ3) is 11.6. The summed E-state index contributed by atoms with van der Waals surface area (Å²) in [6.07, 6.45) is 8.85. The molecular formula is C40H70N2O9. The van der Waals surface area contributed by atoms with Gasteiger partial charge in [-0.15, -0.1) is 0 Å². The Labute approximate surface area is 309 Å². The van der Waals surface area contributed by atoms with Crippen LogP contribution in [0.5, 0.6) is 0 Å². The second-order valence-corrected chi connectivity index (χ2v) is 15.3. The number of ether oxygens (including phenoxy) is 5. The van der Waals surface area contributed by atoms with E-state index in [4.69, 9.17) is 36.8 Å². The van der Waals surface area contributed by atoms with Crippen molar-refractivity contribution >= 4 is 11.8 Å². The van der Waals surface area contributed by atoms with E-state index in [0.29, 0.717) is 12.8 Å². The number of ketones is 1. The van der Waals surface area contributed by atoms with Gasteiger partial charge < -0.3 is 43.6 Å². The fraction of sp³-hybridized carbons (Fsp3) is 0.850. The van der Waals surface area contributed by atoms with Crippen molar-refractivity contribution in [2.45, 2.75) is 214 Å². The second kappa shape index (κ2) is 19.6. The van der Waals surface area contributed by atoms with Gasteiger partial charge in [-0.3, -0.25) is 9.59 Å². The van der Waals surface area contributed by atoms with Gasteiger partial charge in [-0.2, -0.15) is 0 Å². The van der Waals surface area contributed by atoms with E-state index in [2.05, 4.69) is 9.69 Å². The predicted octanol–water partition coefficient (Wildman–Crippen LogP) is 7.31. The van der Waals surface area contributed by atoms with Crippen LogP contribution in [-0.2, 0) is 33.3 Å². The number of aliphatic hydroxyl groups is 2. The predicted molar refractivity (Wildman–Crippen MR) is 200 cm³/mol. The lowest BCUT2D eigenvalue weighted by molar-refractivity contribution is -0.178. The molecule has 0 aromatic heterocycles. The molecule has 2 aliphatic carbocycles. The van der Waals surface area contributed by atoms with E-state index in [1.165, 1.54) is 6.92 Å². The Morgan fingerprint density at radius 2 is 1.35 bits per heavy atom. The van der Waals surface area contributed by atoms with Gasteiger partial charge in [-0.1, -0.05) is 56.6 Å². The molecule has 1 saturated carbocycles. The van der Waals surface area contributed by atoms with Crippen molar-refractivity contribution in [2.75, 3.05) is 0 Å². The Bertz CT molecular complexity index is 1240. The largest absolute Gasteiger partial charge is 0.456 e. The van der Waals surface area contributed by atoms with Gasteiger partial charge in [0.2, 0.25) is 12.1 Å². The van der Waals surface area contributed by atoms with E-state index in [1.54, 1.807) is 6.92 Å². The molecule has 0 radical (unpaired) electrons. The fourth-order valence-corrected chi connectivity index (χ4v) is 7.48. The number of carbonyl (C=O) groups is 2. The number of hydrogen-bond donors (Lipinski definition) is 2. The van der Waals surface area contributed by atoms with Crippen LogP contribution in [-0.4, -0.2) is 100 Å². The van der Waals surface area contributed by atoms with Crippen molar-refractivity contribution in [3.8, 4) is 0 Å². The molecule has 0 unspecified atom stereocenters. The summed E-state index contributed by atoms with van der Waals surface area (Å²) in [6, 6.07) is -0.0439. The van der Waals surface area contributed by atoms with E-state index in [-0.39, 0.29) is 107 Å². The average molecular weight is 723 g/mol. The minimum absolute atomic E-state index is 0. The number of carbonyl (C=O) groups excluding carboxylic acids is 2. The number of esters is 1. The van der Waals surface area contributed by atoms with Crippen LogP contribution in [0.3, 0.4) is 0 Å². The van der Waals surface area contributed by atoms with Crippen LogP contribution in [0, 0.1) is 18.6 Å². The Kier molecular flexibility index (Phi) is 18.7. The molecule has 6 aliphatic rings. The van der Waals surface area contributed by atoms with Crippen molar-refractivity contribution in [1.29, 1.82) is 0 Å². The highest BCUT2D eigenvalue weighted by Crippen LogP contribution is 2.50. The number of aliphatic hydroxyl groups excluding tert-OH is 2. The maximum absolute atomic E-state index is 11.1.